The standard InChI is InChI=1S/C9H14ClNS/c1-9(2,3)8(11)6-4-5-7(10)12-6/h4-5,8H,11H2,1-3H3. The van der Waals surface area contributed by atoms with E-state index < -0.39 is 0 Å². The molecule has 2 N–H and O–H groups in total. The highest BCUT2D eigenvalue weighted by atomic mass is 35.5. The third-order valence-electron chi connectivity index (χ3n) is 1.83. The minimum absolute atomic E-state index is 0.0787. The zero-order chi connectivity index (χ0) is 9.35. The quantitative estimate of drug-likeness (QED) is 0.744. The minimum atomic E-state index is 0.0787. The molecule has 0 fully saturated rings. The molecular formula is C9H14ClNS. The largest absolute Gasteiger partial charge is 0.323 e. The summed E-state index contributed by atoms with van der Waals surface area (Å²) in [6.07, 6.45) is 0. The van der Waals surface area contributed by atoms with E-state index in [0.717, 1.165) is 9.21 Å². The molecule has 1 rings (SSSR count). The average molecular weight is 204 g/mol. The second kappa shape index (κ2) is 3.36. The van der Waals surface area contributed by atoms with Crippen LogP contribution < -0.4 is 5.73 Å². The maximum atomic E-state index is 6.04. The van der Waals surface area contributed by atoms with Crippen molar-refractivity contribution in [3.8, 4) is 0 Å². The van der Waals surface area contributed by atoms with E-state index >= 15 is 0 Å². The molecule has 68 valence electrons. The molecule has 1 heterocycles. The molecule has 0 bridgehead atoms. The van der Waals surface area contributed by atoms with E-state index in [2.05, 4.69) is 20.8 Å². The normalized spacial score (nSPS) is 14.8. The molecule has 1 aromatic rings. The molecule has 1 unspecified atom stereocenters. The summed E-state index contributed by atoms with van der Waals surface area (Å²) in [5, 5.41) is 0. The summed E-state index contributed by atoms with van der Waals surface area (Å²) in [6.45, 7) is 6.39. The first kappa shape index (κ1) is 10.0. The number of hydrogen-bond donors (Lipinski definition) is 1. The van der Waals surface area contributed by atoms with Crippen molar-refractivity contribution in [2.24, 2.45) is 11.1 Å². The third-order valence-corrected chi connectivity index (χ3v) is 3.15. The van der Waals surface area contributed by atoms with Crippen LogP contribution in [0, 0.1) is 5.41 Å². The molecule has 0 aromatic carbocycles. The van der Waals surface area contributed by atoms with Gasteiger partial charge in [0.1, 0.15) is 0 Å². The molecule has 0 spiro atoms. The fourth-order valence-electron chi connectivity index (χ4n) is 0.922. The van der Waals surface area contributed by atoms with Crippen molar-refractivity contribution in [3.63, 3.8) is 0 Å². The van der Waals surface area contributed by atoms with Gasteiger partial charge in [0.15, 0.2) is 0 Å². The van der Waals surface area contributed by atoms with Gasteiger partial charge in [-0.05, 0) is 17.5 Å². The Bertz CT molecular complexity index is 262. The monoisotopic (exact) mass is 203 g/mol. The second-order valence-corrected chi connectivity index (χ2v) is 5.73. The third kappa shape index (κ3) is 2.22. The van der Waals surface area contributed by atoms with E-state index in [1.807, 2.05) is 12.1 Å². The number of thiophene rings is 1. The number of halogens is 1. The van der Waals surface area contributed by atoms with Gasteiger partial charge in [-0.2, -0.15) is 0 Å². The van der Waals surface area contributed by atoms with Gasteiger partial charge in [0.2, 0.25) is 0 Å². The predicted octanol–water partition coefficient (Wildman–Crippen LogP) is 3.45. The molecule has 0 aliphatic carbocycles. The van der Waals surface area contributed by atoms with Gasteiger partial charge in [0.25, 0.3) is 0 Å². The fraction of sp³-hybridized carbons (Fsp3) is 0.556. The Labute approximate surface area is 82.5 Å². The van der Waals surface area contributed by atoms with Gasteiger partial charge < -0.3 is 5.73 Å². The van der Waals surface area contributed by atoms with E-state index in [0.29, 0.717) is 0 Å². The van der Waals surface area contributed by atoms with Crippen LogP contribution in [0.1, 0.15) is 31.7 Å². The van der Waals surface area contributed by atoms with Gasteiger partial charge in [-0.15, -0.1) is 11.3 Å². The van der Waals surface area contributed by atoms with Crippen molar-refractivity contribution in [1.29, 1.82) is 0 Å². The van der Waals surface area contributed by atoms with Crippen LogP contribution in [0.2, 0.25) is 4.34 Å². The van der Waals surface area contributed by atoms with Crippen LogP contribution in [-0.4, -0.2) is 0 Å². The molecule has 0 amide bonds. The van der Waals surface area contributed by atoms with E-state index in [9.17, 15) is 0 Å². The lowest BCUT2D eigenvalue weighted by molar-refractivity contribution is 0.331. The SMILES string of the molecule is CC(C)(C)C(N)c1ccc(Cl)s1. The Hall–Kier alpha value is -0.0500. The summed E-state index contributed by atoms with van der Waals surface area (Å²) < 4.78 is 0.810. The van der Waals surface area contributed by atoms with Gasteiger partial charge in [-0.1, -0.05) is 32.4 Å². The Balaban J connectivity index is 2.85. The average Bonchev–Trinajstić information content (AvgIpc) is 2.32. The topological polar surface area (TPSA) is 26.0 Å². The predicted molar refractivity (Wildman–Crippen MR) is 55.7 cm³/mol. The van der Waals surface area contributed by atoms with Gasteiger partial charge >= 0.3 is 0 Å². The summed E-state index contributed by atoms with van der Waals surface area (Å²) >= 11 is 7.38. The van der Waals surface area contributed by atoms with Crippen LogP contribution in [0.5, 0.6) is 0 Å². The van der Waals surface area contributed by atoms with Crippen molar-refractivity contribution in [1.82, 2.24) is 0 Å². The number of hydrogen-bond acceptors (Lipinski definition) is 2. The maximum Gasteiger partial charge on any atom is 0.0931 e. The summed E-state index contributed by atoms with van der Waals surface area (Å²) in [4.78, 5) is 1.16. The van der Waals surface area contributed by atoms with Crippen LogP contribution in [0.15, 0.2) is 12.1 Å². The highest BCUT2D eigenvalue weighted by molar-refractivity contribution is 7.16. The zero-order valence-electron chi connectivity index (χ0n) is 7.60. The van der Waals surface area contributed by atoms with Crippen molar-refractivity contribution < 1.29 is 0 Å². The van der Waals surface area contributed by atoms with Gasteiger partial charge in [0, 0.05) is 10.9 Å². The summed E-state index contributed by atoms with van der Waals surface area (Å²) in [5.74, 6) is 0. The van der Waals surface area contributed by atoms with Gasteiger partial charge in [-0.25, -0.2) is 0 Å². The first-order chi connectivity index (χ1) is 5.41. The van der Waals surface area contributed by atoms with Crippen LogP contribution in [0.3, 0.4) is 0 Å². The fourth-order valence-corrected chi connectivity index (χ4v) is 2.23. The van der Waals surface area contributed by atoms with Crippen LogP contribution >= 0.6 is 22.9 Å². The molecule has 0 saturated heterocycles. The Morgan fingerprint density at radius 3 is 2.33 bits per heavy atom. The zero-order valence-corrected chi connectivity index (χ0v) is 9.17. The maximum absolute atomic E-state index is 6.04. The van der Waals surface area contributed by atoms with Crippen LogP contribution in [0.4, 0.5) is 0 Å². The second-order valence-electron chi connectivity index (χ2n) is 3.99. The Kier molecular flexibility index (Phi) is 2.81. The highest BCUT2D eigenvalue weighted by Gasteiger charge is 2.23. The summed E-state index contributed by atoms with van der Waals surface area (Å²) in [6, 6.07) is 3.98. The smallest absolute Gasteiger partial charge is 0.0931 e. The van der Waals surface area contributed by atoms with E-state index in [1.54, 1.807) is 11.3 Å². The number of nitrogens with two attached hydrogens (primary N) is 1. The van der Waals surface area contributed by atoms with Crippen molar-refractivity contribution in [3.05, 3.63) is 21.3 Å². The summed E-state index contributed by atoms with van der Waals surface area (Å²) in [5.41, 5.74) is 6.14. The highest BCUT2D eigenvalue weighted by Crippen LogP contribution is 2.35. The lowest BCUT2D eigenvalue weighted by Gasteiger charge is -2.25. The molecule has 0 aliphatic rings. The molecule has 0 aliphatic heterocycles. The van der Waals surface area contributed by atoms with Gasteiger partial charge in [-0.3, -0.25) is 0 Å². The molecule has 1 atom stereocenters. The first-order valence-electron chi connectivity index (χ1n) is 3.92. The Morgan fingerprint density at radius 1 is 1.42 bits per heavy atom. The molecule has 1 aromatic heterocycles. The van der Waals surface area contributed by atoms with Crippen molar-refractivity contribution in [2.45, 2.75) is 26.8 Å². The molecule has 0 radical (unpaired) electrons. The molecule has 3 heteroatoms. The van der Waals surface area contributed by atoms with Gasteiger partial charge in [0.05, 0.1) is 4.34 Å². The lowest BCUT2D eigenvalue weighted by atomic mass is 9.87. The molecule has 1 nitrogen and oxygen atoms in total. The first-order valence-corrected chi connectivity index (χ1v) is 5.11. The van der Waals surface area contributed by atoms with Crippen LogP contribution in [-0.2, 0) is 0 Å². The summed E-state index contributed by atoms with van der Waals surface area (Å²) in [7, 11) is 0. The lowest BCUT2D eigenvalue weighted by Crippen LogP contribution is -2.25. The van der Waals surface area contributed by atoms with E-state index in [4.69, 9.17) is 17.3 Å². The van der Waals surface area contributed by atoms with E-state index in [-0.39, 0.29) is 11.5 Å². The minimum Gasteiger partial charge on any atom is -0.323 e. The molecular weight excluding hydrogens is 190 g/mol. The molecule has 0 saturated carbocycles. The van der Waals surface area contributed by atoms with Crippen molar-refractivity contribution >= 4 is 22.9 Å². The number of rotatable bonds is 1. The van der Waals surface area contributed by atoms with Crippen LogP contribution in [0.25, 0.3) is 0 Å². The Morgan fingerprint density at radius 2 is 2.00 bits per heavy atom. The molecule has 12 heavy (non-hydrogen) atoms. The van der Waals surface area contributed by atoms with Crippen molar-refractivity contribution in [2.75, 3.05) is 0 Å². The van der Waals surface area contributed by atoms with E-state index in [1.165, 1.54) is 0 Å².